The summed E-state index contributed by atoms with van der Waals surface area (Å²) in [6.07, 6.45) is 0. The van der Waals surface area contributed by atoms with Gasteiger partial charge in [-0.3, -0.25) is 4.79 Å². The lowest BCUT2D eigenvalue weighted by molar-refractivity contribution is 0.0939. The van der Waals surface area contributed by atoms with Gasteiger partial charge in [0.25, 0.3) is 5.91 Å². The second-order valence-corrected chi connectivity index (χ2v) is 7.71. The molecule has 0 fully saturated rings. The molecule has 0 radical (unpaired) electrons. The van der Waals surface area contributed by atoms with Crippen molar-refractivity contribution in [2.24, 2.45) is 0 Å². The summed E-state index contributed by atoms with van der Waals surface area (Å²) in [7, 11) is 0. The van der Waals surface area contributed by atoms with E-state index in [9.17, 15) is 4.79 Å². The highest BCUT2D eigenvalue weighted by molar-refractivity contribution is 14.1. The van der Waals surface area contributed by atoms with E-state index in [1.807, 2.05) is 31.2 Å². The number of benzene rings is 2. The lowest BCUT2D eigenvalue weighted by atomic mass is 9.86. The molecule has 2 nitrogen and oxygen atoms in total. The van der Waals surface area contributed by atoms with Crippen LogP contribution in [0.1, 0.15) is 55.2 Å². The lowest BCUT2D eigenvalue weighted by Crippen LogP contribution is -2.27. The predicted molar refractivity (Wildman–Crippen MR) is 100 cm³/mol. The van der Waals surface area contributed by atoms with Crippen molar-refractivity contribution < 1.29 is 4.79 Å². The van der Waals surface area contributed by atoms with Crippen LogP contribution in [0.5, 0.6) is 0 Å². The number of carbonyl (C=O) groups is 1. The molecule has 3 heteroatoms. The Kier molecular flexibility index (Phi) is 5.27. The Balaban J connectivity index is 2.11. The zero-order valence-electron chi connectivity index (χ0n) is 13.5. The van der Waals surface area contributed by atoms with Gasteiger partial charge < -0.3 is 5.32 Å². The second kappa shape index (κ2) is 6.82. The minimum absolute atomic E-state index is 0.0162. The molecule has 116 valence electrons. The maximum atomic E-state index is 12.4. The fourth-order valence-electron chi connectivity index (χ4n) is 2.27. The third-order valence-corrected chi connectivity index (χ3v) is 4.68. The summed E-state index contributed by atoms with van der Waals surface area (Å²) in [6.45, 7) is 8.61. The van der Waals surface area contributed by atoms with Crippen LogP contribution in [0.2, 0.25) is 0 Å². The van der Waals surface area contributed by atoms with Gasteiger partial charge in [0.1, 0.15) is 0 Å². The molecule has 0 heterocycles. The van der Waals surface area contributed by atoms with E-state index in [-0.39, 0.29) is 17.4 Å². The third-order valence-electron chi connectivity index (χ3n) is 3.74. The molecule has 2 rings (SSSR count). The molecule has 1 atom stereocenters. The van der Waals surface area contributed by atoms with E-state index in [2.05, 4.69) is 72.9 Å². The van der Waals surface area contributed by atoms with Crippen LogP contribution in [0.25, 0.3) is 0 Å². The van der Waals surface area contributed by atoms with Crippen LogP contribution in [-0.4, -0.2) is 5.91 Å². The molecule has 0 aromatic heterocycles. The highest BCUT2D eigenvalue weighted by Gasteiger charge is 2.16. The molecule has 2 aromatic rings. The topological polar surface area (TPSA) is 29.1 Å². The van der Waals surface area contributed by atoms with Gasteiger partial charge in [-0.1, -0.05) is 57.2 Å². The first-order chi connectivity index (χ1) is 10.3. The van der Waals surface area contributed by atoms with Crippen molar-refractivity contribution in [2.45, 2.75) is 39.2 Å². The Morgan fingerprint density at radius 3 is 2.18 bits per heavy atom. The number of hydrogen-bond acceptors (Lipinski definition) is 1. The summed E-state index contributed by atoms with van der Waals surface area (Å²) >= 11 is 2.19. The summed E-state index contributed by atoms with van der Waals surface area (Å²) in [6, 6.07) is 16.1. The van der Waals surface area contributed by atoms with Crippen molar-refractivity contribution in [2.75, 3.05) is 0 Å². The zero-order chi connectivity index (χ0) is 16.3. The molecule has 0 spiro atoms. The van der Waals surface area contributed by atoms with E-state index in [0.29, 0.717) is 0 Å². The van der Waals surface area contributed by atoms with Gasteiger partial charge in [0.2, 0.25) is 0 Å². The van der Waals surface area contributed by atoms with Crippen molar-refractivity contribution in [3.8, 4) is 0 Å². The average molecular weight is 407 g/mol. The van der Waals surface area contributed by atoms with E-state index in [4.69, 9.17) is 0 Å². The molecule has 0 unspecified atom stereocenters. The SMILES string of the molecule is C[C@@H](NC(=O)c1ccccc1I)c1ccc(C(C)(C)C)cc1. The Morgan fingerprint density at radius 1 is 1.05 bits per heavy atom. The molecular weight excluding hydrogens is 385 g/mol. The maximum absolute atomic E-state index is 12.4. The Morgan fingerprint density at radius 2 is 1.64 bits per heavy atom. The Labute approximate surface area is 146 Å². The highest BCUT2D eigenvalue weighted by Crippen LogP contribution is 2.24. The summed E-state index contributed by atoms with van der Waals surface area (Å²) in [5, 5.41) is 3.07. The molecule has 1 N–H and O–H groups in total. The van der Waals surface area contributed by atoms with E-state index in [1.165, 1.54) is 5.56 Å². The average Bonchev–Trinajstić information content (AvgIpc) is 2.46. The summed E-state index contributed by atoms with van der Waals surface area (Å²) in [5.74, 6) is -0.0302. The van der Waals surface area contributed by atoms with E-state index < -0.39 is 0 Å². The number of nitrogens with one attached hydrogen (secondary N) is 1. The highest BCUT2D eigenvalue weighted by atomic mass is 127. The summed E-state index contributed by atoms with van der Waals surface area (Å²) in [5.41, 5.74) is 3.28. The van der Waals surface area contributed by atoms with Crippen molar-refractivity contribution in [3.05, 3.63) is 68.8 Å². The summed E-state index contributed by atoms with van der Waals surface area (Å²) in [4.78, 5) is 12.4. The van der Waals surface area contributed by atoms with Gasteiger partial charge in [0, 0.05) is 3.57 Å². The monoisotopic (exact) mass is 407 g/mol. The maximum Gasteiger partial charge on any atom is 0.252 e. The number of rotatable bonds is 3. The minimum Gasteiger partial charge on any atom is -0.345 e. The smallest absolute Gasteiger partial charge is 0.252 e. The van der Waals surface area contributed by atoms with Crippen LogP contribution in [0.4, 0.5) is 0 Å². The van der Waals surface area contributed by atoms with Crippen LogP contribution in [-0.2, 0) is 5.41 Å². The molecule has 0 bridgehead atoms. The first-order valence-electron chi connectivity index (χ1n) is 7.45. The zero-order valence-corrected chi connectivity index (χ0v) is 15.6. The number of carbonyl (C=O) groups excluding carboxylic acids is 1. The number of halogens is 1. The second-order valence-electron chi connectivity index (χ2n) is 6.55. The van der Waals surface area contributed by atoms with Crippen LogP contribution in [0.15, 0.2) is 48.5 Å². The Hall–Kier alpha value is -1.36. The van der Waals surface area contributed by atoms with Crippen molar-refractivity contribution in [3.63, 3.8) is 0 Å². The predicted octanol–water partition coefficient (Wildman–Crippen LogP) is 5.08. The third kappa shape index (κ3) is 4.09. The normalized spacial score (nSPS) is 12.8. The van der Waals surface area contributed by atoms with Gasteiger partial charge in [-0.05, 0) is 58.2 Å². The van der Waals surface area contributed by atoms with Crippen molar-refractivity contribution in [1.82, 2.24) is 5.32 Å². The fourth-order valence-corrected chi connectivity index (χ4v) is 2.91. The van der Waals surface area contributed by atoms with Crippen LogP contribution >= 0.6 is 22.6 Å². The van der Waals surface area contributed by atoms with Crippen molar-refractivity contribution >= 4 is 28.5 Å². The minimum atomic E-state index is -0.0302. The van der Waals surface area contributed by atoms with Gasteiger partial charge in [0.15, 0.2) is 0 Å². The molecular formula is C19H22INO. The molecule has 0 aliphatic rings. The molecule has 2 aromatic carbocycles. The van der Waals surface area contributed by atoms with Gasteiger partial charge in [-0.25, -0.2) is 0 Å². The van der Waals surface area contributed by atoms with Gasteiger partial charge in [-0.2, -0.15) is 0 Å². The van der Waals surface area contributed by atoms with Gasteiger partial charge >= 0.3 is 0 Å². The molecule has 22 heavy (non-hydrogen) atoms. The van der Waals surface area contributed by atoms with Crippen LogP contribution in [0.3, 0.4) is 0 Å². The first-order valence-corrected chi connectivity index (χ1v) is 8.53. The van der Waals surface area contributed by atoms with Gasteiger partial charge in [0.05, 0.1) is 11.6 Å². The van der Waals surface area contributed by atoms with E-state index in [1.54, 1.807) is 0 Å². The molecule has 0 saturated carbocycles. The van der Waals surface area contributed by atoms with Crippen LogP contribution < -0.4 is 5.32 Å². The fraction of sp³-hybridized carbons (Fsp3) is 0.316. The van der Waals surface area contributed by atoms with Crippen molar-refractivity contribution in [1.29, 1.82) is 0 Å². The standard InChI is InChI=1S/C19H22INO/c1-13(14-9-11-15(12-10-14)19(2,3)4)21-18(22)16-7-5-6-8-17(16)20/h5-13H,1-4H3,(H,21,22)/t13-/m1/s1. The largest absolute Gasteiger partial charge is 0.345 e. The Bertz CT molecular complexity index is 656. The quantitative estimate of drug-likeness (QED) is 0.707. The van der Waals surface area contributed by atoms with E-state index in [0.717, 1.165) is 14.7 Å². The molecule has 0 aliphatic carbocycles. The van der Waals surface area contributed by atoms with Crippen LogP contribution in [0, 0.1) is 3.57 Å². The molecule has 0 aliphatic heterocycles. The molecule has 1 amide bonds. The first kappa shape index (κ1) is 17.0. The lowest BCUT2D eigenvalue weighted by Gasteiger charge is -2.21. The number of amides is 1. The van der Waals surface area contributed by atoms with Gasteiger partial charge in [-0.15, -0.1) is 0 Å². The number of hydrogen-bond donors (Lipinski definition) is 1. The summed E-state index contributed by atoms with van der Waals surface area (Å²) < 4.78 is 0.966. The molecule has 0 saturated heterocycles. The van der Waals surface area contributed by atoms with E-state index >= 15 is 0 Å².